The Hall–Kier alpha value is -4.50. The number of carbonyl (C=O) groups excluding carboxylic acids is 2. The van der Waals surface area contributed by atoms with Gasteiger partial charge in [0.25, 0.3) is 15.9 Å². The number of fused-ring (bicyclic) bond motifs is 5. The van der Waals surface area contributed by atoms with Gasteiger partial charge >= 0.3 is 5.97 Å². The minimum atomic E-state index is -4.26. The van der Waals surface area contributed by atoms with Crippen molar-refractivity contribution >= 4 is 43.7 Å². The van der Waals surface area contributed by atoms with E-state index in [1.54, 1.807) is 23.1 Å². The van der Waals surface area contributed by atoms with Crippen LogP contribution in [-0.2, 0) is 27.8 Å². The Labute approximate surface area is 217 Å². The Kier molecular flexibility index (Phi) is 5.53. The summed E-state index contributed by atoms with van der Waals surface area (Å²) >= 11 is 0. The molecule has 1 aliphatic heterocycles. The van der Waals surface area contributed by atoms with Crippen LogP contribution in [0.5, 0.6) is 0 Å². The van der Waals surface area contributed by atoms with Crippen molar-refractivity contribution in [3.63, 3.8) is 0 Å². The number of hydrogen-bond donors (Lipinski definition) is 0. The van der Waals surface area contributed by atoms with Gasteiger partial charge in [0.1, 0.15) is 5.82 Å². The Balaban J connectivity index is 1.70. The van der Waals surface area contributed by atoms with E-state index < -0.39 is 21.8 Å². The molecule has 0 saturated carbocycles. The lowest BCUT2D eigenvalue weighted by atomic mass is 9.98. The molecule has 0 fully saturated rings. The van der Waals surface area contributed by atoms with Crippen molar-refractivity contribution in [3.8, 4) is 0 Å². The number of amides is 1. The minimum Gasteiger partial charge on any atom is -0.465 e. The summed E-state index contributed by atoms with van der Waals surface area (Å²) in [6.07, 6.45) is 0. The third-order valence-corrected chi connectivity index (χ3v) is 8.52. The zero-order valence-corrected chi connectivity index (χ0v) is 21.0. The van der Waals surface area contributed by atoms with Gasteiger partial charge in [-0.25, -0.2) is 21.6 Å². The molecule has 1 aliphatic rings. The van der Waals surface area contributed by atoms with Gasteiger partial charge in [0.15, 0.2) is 0 Å². The number of ether oxygens (including phenoxy) is 1. The summed E-state index contributed by atoms with van der Waals surface area (Å²) in [7, 11) is -3.06. The summed E-state index contributed by atoms with van der Waals surface area (Å²) in [6, 6.07) is 22.4. The lowest BCUT2D eigenvalue weighted by Gasteiger charge is -2.15. The summed E-state index contributed by atoms with van der Waals surface area (Å²) in [5, 5.41) is 0.425. The fourth-order valence-electron chi connectivity index (χ4n) is 5.16. The molecule has 0 N–H and O–H groups in total. The molecule has 0 radical (unpaired) electrons. The largest absolute Gasteiger partial charge is 0.465 e. The van der Waals surface area contributed by atoms with Crippen molar-refractivity contribution < 1.29 is 27.1 Å². The fourth-order valence-corrected chi connectivity index (χ4v) is 6.72. The molecule has 0 unspecified atom stereocenters. The van der Waals surface area contributed by atoms with Crippen molar-refractivity contribution in [3.05, 3.63) is 113 Å². The van der Waals surface area contributed by atoms with Crippen LogP contribution < -0.4 is 0 Å². The molecule has 9 heteroatoms. The molecule has 5 aromatic rings. The third-order valence-electron chi connectivity index (χ3n) is 6.80. The van der Waals surface area contributed by atoms with E-state index in [9.17, 15) is 22.4 Å². The first kappa shape index (κ1) is 23.9. The van der Waals surface area contributed by atoms with Crippen molar-refractivity contribution in [2.75, 3.05) is 7.11 Å². The number of rotatable bonds is 5. The van der Waals surface area contributed by atoms with Crippen molar-refractivity contribution in [2.24, 2.45) is 0 Å². The van der Waals surface area contributed by atoms with Crippen LogP contribution in [0, 0.1) is 5.82 Å². The summed E-state index contributed by atoms with van der Waals surface area (Å²) in [4.78, 5) is 28.4. The lowest BCUT2D eigenvalue weighted by molar-refractivity contribution is 0.0602. The quantitative estimate of drug-likeness (QED) is 0.296. The number of esters is 1. The van der Waals surface area contributed by atoms with Crippen LogP contribution in [-0.4, -0.2) is 36.3 Å². The highest BCUT2D eigenvalue weighted by Gasteiger charge is 2.36. The smallest absolute Gasteiger partial charge is 0.340 e. The average Bonchev–Trinajstić information content (AvgIpc) is 3.43. The van der Waals surface area contributed by atoms with Crippen LogP contribution >= 0.6 is 0 Å². The van der Waals surface area contributed by atoms with Gasteiger partial charge in [0.05, 0.1) is 34.2 Å². The van der Waals surface area contributed by atoms with E-state index in [1.165, 1.54) is 37.4 Å². The van der Waals surface area contributed by atoms with E-state index in [1.807, 2.05) is 30.3 Å². The number of hydrogen-bond acceptors (Lipinski definition) is 5. The number of methoxy groups -OCH3 is 1. The first-order valence-corrected chi connectivity index (χ1v) is 13.3. The highest BCUT2D eigenvalue weighted by molar-refractivity contribution is 7.90. The number of nitrogens with zero attached hydrogens (tertiary/aromatic N) is 2. The second kappa shape index (κ2) is 8.81. The Morgan fingerprint density at radius 1 is 0.974 bits per heavy atom. The summed E-state index contributed by atoms with van der Waals surface area (Å²) < 4.78 is 48.6. The molecule has 7 nitrogen and oxygen atoms in total. The number of carbonyl (C=O) groups is 2. The standard InChI is InChI=1S/C29H21FN2O5S/c1-37-29(34)23-14-19-17-31(16-18-8-4-2-5-9-18)28(33)25(19)26-22-15-20(30)12-13-24(22)32(27(23)26)38(35,36)21-10-6-3-7-11-21/h2-15H,16-17H2,1H3. The van der Waals surface area contributed by atoms with Gasteiger partial charge in [-0.15, -0.1) is 0 Å². The maximum atomic E-state index is 14.6. The summed E-state index contributed by atoms with van der Waals surface area (Å²) in [5.74, 6) is -1.69. The molecule has 0 saturated heterocycles. The molecule has 0 aliphatic carbocycles. The molecule has 38 heavy (non-hydrogen) atoms. The maximum absolute atomic E-state index is 14.6. The van der Waals surface area contributed by atoms with Crippen molar-refractivity contribution in [1.29, 1.82) is 0 Å². The maximum Gasteiger partial charge on any atom is 0.340 e. The molecule has 6 rings (SSSR count). The zero-order chi connectivity index (χ0) is 26.6. The highest BCUT2D eigenvalue weighted by atomic mass is 32.2. The SMILES string of the molecule is COC(=O)c1cc2c(c3c4cc(F)ccc4n(S(=O)(=O)c4ccccc4)c13)C(=O)N(Cc1ccccc1)C2. The van der Waals surface area contributed by atoms with E-state index >= 15 is 0 Å². The molecule has 4 aromatic carbocycles. The molecule has 1 amide bonds. The number of benzene rings is 4. The van der Waals surface area contributed by atoms with Crippen molar-refractivity contribution in [2.45, 2.75) is 18.0 Å². The van der Waals surface area contributed by atoms with E-state index in [4.69, 9.17) is 4.74 Å². The predicted molar refractivity (Wildman–Crippen MR) is 140 cm³/mol. The summed E-state index contributed by atoms with van der Waals surface area (Å²) in [5.41, 5.74) is 1.82. The molecular formula is C29H21FN2O5S. The topological polar surface area (TPSA) is 85.7 Å². The lowest BCUT2D eigenvalue weighted by Crippen LogP contribution is -2.23. The molecular weight excluding hydrogens is 507 g/mol. The molecule has 2 heterocycles. The van der Waals surface area contributed by atoms with Crippen molar-refractivity contribution in [1.82, 2.24) is 8.87 Å². The van der Waals surface area contributed by atoms with Gasteiger partial charge in [-0.05, 0) is 47.5 Å². The molecule has 0 bridgehead atoms. The Morgan fingerprint density at radius 2 is 1.66 bits per heavy atom. The number of aromatic nitrogens is 1. The van der Waals surface area contributed by atoms with E-state index in [2.05, 4.69) is 0 Å². The van der Waals surface area contributed by atoms with E-state index in [-0.39, 0.29) is 50.3 Å². The number of halogens is 1. The molecule has 1 aromatic heterocycles. The van der Waals surface area contributed by atoms with Crippen LogP contribution in [0.1, 0.15) is 31.8 Å². The van der Waals surface area contributed by atoms with E-state index in [0.29, 0.717) is 12.1 Å². The van der Waals surface area contributed by atoms with Gasteiger partial charge in [-0.3, -0.25) is 4.79 Å². The van der Waals surface area contributed by atoms with Crippen LogP contribution in [0.3, 0.4) is 0 Å². The van der Waals surface area contributed by atoms with Gasteiger partial charge in [0, 0.05) is 23.9 Å². The van der Waals surface area contributed by atoms with E-state index in [0.717, 1.165) is 15.6 Å². The minimum absolute atomic E-state index is 0.0172. The van der Waals surface area contributed by atoms with Gasteiger partial charge in [-0.1, -0.05) is 48.5 Å². The average molecular weight is 529 g/mol. The Morgan fingerprint density at radius 3 is 2.34 bits per heavy atom. The molecule has 0 atom stereocenters. The fraction of sp³-hybridized carbons (Fsp3) is 0.103. The second-order valence-electron chi connectivity index (χ2n) is 9.06. The normalized spacial score (nSPS) is 13.3. The van der Waals surface area contributed by atoms with Crippen LogP contribution in [0.4, 0.5) is 4.39 Å². The van der Waals surface area contributed by atoms with Crippen LogP contribution in [0.2, 0.25) is 0 Å². The zero-order valence-electron chi connectivity index (χ0n) is 20.2. The predicted octanol–water partition coefficient (Wildman–Crippen LogP) is 5.11. The molecule has 190 valence electrons. The first-order chi connectivity index (χ1) is 18.3. The summed E-state index contributed by atoms with van der Waals surface area (Å²) in [6.45, 7) is 0.523. The van der Waals surface area contributed by atoms with Gasteiger partial charge in [-0.2, -0.15) is 0 Å². The Bertz CT molecular complexity index is 1870. The van der Waals surface area contributed by atoms with Crippen LogP contribution in [0.15, 0.2) is 89.8 Å². The monoisotopic (exact) mass is 528 g/mol. The highest BCUT2D eigenvalue weighted by Crippen LogP contribution is 2.41. The third kappa shape index (κ3) is 3.58. The second-order valence-corrected chi connectivity index (χ2v) is 10.9. The van der Waals surface area contributed by atoms with Gasteiger partial charge in [0.2, 0.25) is 0 Å². The van der Waals surface area contributed by atoms with Gasteiger partial charge < -0.3 is 9.64 Å². The molecule has 0 spiro atoms. The van der Waals surface area contributed by atoms with Crippen LogP contribution in [0.25, 0.3) is 21.8 Å². The first-order valence-electron chi connectivity index (χ1n) is 11.8.